The lowest BCUT2D eigenvalue weighted by Crippen LogP contribution is -2.45. The smallest absolute Gasteiger partial charge is 0.286 e. The van der Waals surface area contributed by atoms with Crippen molar-refractivity contribution < 1.29 is 23.5 Å². The fourth-order valence-electron chi connectivity index (χ4n) is 3.52. The molecule has 9 heteroatoms. The van der Waals surface area contributed by atoms with Gasteiger partial charge in [-0.3, -0.25) is 9.59 Å². The molecular formula is C19H29N3O5S. The zero-order valence-corrected chi connectivity index (χ0v) is 17.3. The van der Waals surface area contributed by atoms with Crippen molar-refractivity contribution in [1.29, 1.82) is 0 Å². The number of hydrogen-bond acceptors (Lipinski definition) is 8. The molecule has 0 radical (unpaired) electrons. The third kappa shape index (κ3) is 6.02. The highest BCUT2D eigenvalue weighted by Crippen LogP contribution is 2.25. The van der Waals surface area contributed by atoms with Crippen LogP contribution in [-0.2, 0) is 14.3 Å². The van der Waals surface area contributed by atoms with E-state index >= 15 is 0 Å². The predicted molar refractivity (Wildman–Crippen MR) is 103 cm³/mol. The Morgan fingerprint density at radius 3 is 2.54 bits per heavy atom. The van der Waals surface area contributed by atoms with E-state index in [4.69, 9.17) is 13.9 Å². The molecule has 156 valence electrons. The van der Waals surface area contributed by atoms with Gasteiger partial charge in [0.15, 0.2) is 6.29 Å². The molecule has 1 atom stereocenters. The fraction of sp³-hybridized carbons (Fsp3) is 0.789. The van der Waals surface area contributed by atoms with Gasteiger partial charge in [-0.25, -0.2) is 0 Å². The molecule has 2 fully saturated rings. The lowest BCUT2D eigenvalue weighted by atomic mass is 9.88. The van der Waals surface area contributed by atoms with Crippen molar-refractivity contribution in [2.24, 2.45) is 11.8 Å². The summed E-state index contributed by atoms with van der Waals surface area (Å²) in [6.07, 6.45) is 5.34. The number of thioether (sulfide) groups is 1. The highest BCUT2D eigenvalue weighted by atomic mass is 32.2. The molecule has 28 heavy (non-hydrogen) atoms. The number of nitrogens with one attached hydrogen (secondary N) is 1. The summed E-state index contributed by atoms with van der Waals surface area (Å²) in [5, 5.41) is 11.1. The van der Waals surface area contributed by atoms with Crippen molar-refractivity contribution >= 4 is 23.5 Å². The summed E-state index contributed by atoms with van der Waals surface area (Å²) in [7, 11) is 0. The van der Waals surface area contributed by atoms with Gasteiger partial charge < -0.3 is 19.2 Å². The third-order valence-corrected chi connectivity index (χ3v) is 5.82. The van der Waals surface area contributed by atoms with Gasteiger partial charge in [0.25, 0.3) is 11.1 Å². The monoisotopic (exact) mass is 411 g/mol. The molecule has 2 heterocycles. The lowest BCUT2D eigenvalue weighted by molar-refractivity contribution is -0.126. The highest BCUT2D eigenvalue weighted by Gasteiger charge is 2.30. The van der Waals surface area contributed by atoms with Crippen LogP contribution < -0.4 is 5.32 Å². The molecule has 8 nitrogen and oxygen atoms in total. The van der Waals surface area contributed by atoms with Crippen LogP contribution in [0.5, 0.6) is 0 Å². The number of rotatable bonds is 9. The first kappa shape index (κ1) is 21.3. The Bertz CT molecular complexity index is 654. The van der Waals surface area contributed by atoms with Crippen LogP contribution in [0, 0.1) is 11.8 Å². The van der Waals surface area contributed by atoms with Crippen LogP contribution in [0.1, 0.15) is 63.1 Å². The summed E-state index contributed by atoms with van der Waals surface area (Å²) in [5.41, 5.74) is 0. The van der Waals surface area contributed by atoms with E-state index in [-0.39, 0.29) is 35.7 Å². The second kappa shape index (κ2) is 10.4. The molecule has 0 bridgehead atoms. The van der Waals surface area contributed by atoms with E-state index in [1.165, 1.54) is 18.2 Å². The third-order valence-electron chi connectivity index (χ3n) is 4.97. The van der Waals surface area contributed by atoms with Gasteiger partial charge in [0.2, 0.25) is 11.7 Å². The molecule has 1 saturated carbocycles. The molecule has 1 amide bonds. The number of carbonyl (C=O) groups excluding carboxylic acids is 2. The molecule has 0 aromatic carbocycles. The molecule has 1 aliphatic carbocycles. The predicted octanol–water partition coefficient (Wildman–Crippen LogP) is 2.83. The maximum atomic E-state index is 12.9. The Morgan fingerprint density at radius 1 is 1.14 bits per heavy atom. The largest absolute Gasteiger partial charge is 0.408 e. The maximum absolute atomic E-state index is 12.9. The summed E-state index contributed by atoms with van der Waals surface area (Å²) in [4.78, 5) is 25.5. The summed E-state index contributed by atoms with van der Waals surface area (Å²) in [5.74, 6) is 0.327. The fourth-order valence-corrected chi connectivity index (χ4v) is 4.22. The van der Waals surface area contributed by atoms with E-state index in [1.54, 1.807) is 0 Å². The topological polar surface area (TPSA) is 104 Å². The van der Waals surface area contributed by atoms with Crippen LogP contribution in [0.3, 0.4) is 0 Å². The first-order valence-electron chi connectivity index (χ1n) is 10.1. The molecule has 1 aromatic heterocycles. The quantitative estimate of drug-likeness (QED) is 0.489. The van der Waals surface area contributed by atoms with E-state index < -0.39 is 6.04 Å². The summed E-state index contributed by atoms with van der Waals surface area (Å²) in [6.45, 7) is 5.19. The first-order valence-corrected chi connectivity index (χ1v) is 11.1. The van der Waals surface area contributed by atoms with Crippen molar-refractivity contribution in [3.63, 3.8) is 0 Å². The standard InChI is InChI=1S/C19H29N3O5S/c1-12(2)10-14(20-17(24)13-6-4-3-5-7-13)16(23)18-21-22-19(27-18)28-11-15-25-8-9-26-15/h12-15H,3-11H2,1-2H3,(H,20,24)/t14-/m0/s1. The van der Waals surface area contributed by atoms with Crippen molar-refractivity contribution in [1.82, 2.24) is 15.5 Å². The Morgan fingerprint density at radius 2 is 1.86 bits per heavy atom. The van der Waals surface area contributed by atoms with Gasteiger partial charge >= 0.3 is 0 Å². The minimum atomic E-state index is -0.644. The van der Waals surface area contributed by atoms with E-state index in [0.29, 0.717) is 30.6 Å². The molecule has 3 rings (SSSR count). The number of ketones is 1. The van der Waals surface area contributed by atoms with Gasteiger partial charge in [0, 0.05) is 5.92 Å². The van der Waals surface area contributed by atoms with E-state index in [0.717, 1.165) is 25.7 Å². The number of amides is 1. The number of aromatic nitrogens is 2. The Labute approximate surface area is 169 Å². The van der Waals surface area contributed by atoms with Crippen molar-refractivity contribution in [3.8, 4) is 0 Å². The molecule has 1 aromatic rings. The van der Waals surface area contributed by atoms with Gasteiger partial charge in [0.05, 0.1) is 25.0 Å². The summed E-state index contributed by atoms with van der Waals surface area (Å²) in [6, 6.07) is -0.644. The van der Waals surface area contributed by atoms with Gasteiger partial charge in [-0.2, -0.15) is 0 Å². The minimum absolute atomic E-state index is 0.00331. The van der Waals surface area contributed by atoms with E-state index in [9.17, 15) is 9.59 Å². The second-order valence-corrected chi connectivity index (χ2v) is 8.72. The summed E-state index contributed by atoms with van der Waals surface area (Å²) >= 11 is 1.29. The SMILES string of the molecule is CC(C)C[C@H](NC(=O)C1CCCCC1)C(=O)c1nnc(SCC2OCCO2)o1. The maximum Gasteiger partial charge on any atom is 0.286 e. The molecule has 1 N–H and O–H groups in total. The molecule has 0 unspecified atom stereocenters. The van der Waals surface area contributed by atoms with Crippen molar-refractivity contribution in [3.05, 3.63) is 5.89 Å². The van der Waals surface area contributed by atoms with Gasteiger partial charge in [-0.05, 0) is 25.2 Å². The van der Waals surface area contributed by atoms with Crippen molar-refractivity contribution in [2.45, 2.75) is 69.9 Å². The molecule has 0 spiro atoms. The lowest BCUT2D eigenvalue weighted by Gasteiger charge is -2.24. The zero-order chi connectivity index (χ0) is 19.9. The van der Waals surface area contributed by atoms with Crippen LogP contribution in [0.4, 0.5) is 0 Å². The zero-order valence-electron chi connectivity index (χ0n) is 16.5. The Kier molecular flexibility index (Phi) is 7.87. The van der Waals surface area contributed by atoms with E-state index in [2.05, 4.69) is 15.5 Å². The number of ether oxygens (including phenoxy) is 2. The van der Waals surface area contributed by atoms with Crippen LogP contribution in [-0.4, -0.2) is 53.2 Å². The average Bonchev–Trinajstić information content (AvgIpc) is 3.37. The first-order chi connectivity index (χ1) is 13.5. The molecular weight excluding hydrogens is 382 g/mol. The second-order valence-electron chi connectivity index (χ2n) is 7.75. The molecule has 1 saturated heterocycles. The van der Waals surface area contributed by atoms with Crippen LogP contribution in [0.2, 0.25) is 0 Å². The van der Waals surface area contributed by atoms with Crippen LogP contribution >= 0.6 is 11.8 Å². The minimum Gasteiger partial charge on any atom is -0.408 e. The number of hydrogen-bond donors (Lipinski definition) is 1. The average molecular weight is 412 g/mol. The van der Waals surface area contributed by atoms with Gasteiger partial charge in [0.1, 0.15) is 0 Å². The van der Waals surface area contributed by atoms with E-state index in [1.807, 2.05) is 13.8 Å². The van der Waals surface area contributed by atoms with Crippen LogP contribution in [0.25, 0.3) is 0 Å². The number of nitrogens with zero attached hydrogens (tertiary/aromatic N) is 2. The Balaban J connectivity index is 1.59. The Hall–Kier alpha value is -1.45. The molecule has 2 aliphatic rings. The normalized spacial score (nSPS) is 19.8. The number of Topliss-reactive ketones (excluding diaryl/α,β-unsaturated/α-hetero) is 1. The highest BCUT2D eigenvalue weighted by molar-refractivity contribution is 7.99. The number of carbonyl (C=O) groups is 2. The molecule has 1 aliphatic heterocycles. The van der Waals surface area contributed by atoms with Gasteiger partial charge in [-0.15, -0.1) is 10.2 Å². The summed E-state index contributed by atoms with van der Waals surface area (Å²) < 4.78 is 16.3. The van der Waals surface area contributed by atoms with Gasteiger partial charge in [-0.1, -0.05) is 44.9 Å². The van der Waals surface area contributed by atoms with Crippen molar-refractivity contribution in [2.75, 3.05) is 19.0 Å². The van der Waals surface area contributed by atoms with Crippen LogP contribution in [0.15, 0.2) is 9.64 Å².